The molecule has 1 aliphatic rings. The van der Waals surface area contributed by atoms with Crippen LogP contribution in [0.1, 0.15) is 19.4 Å². The second-order valence-corrected chi connectivity index (χ2v) is 6.28. The molecule has 0 spiro atoms. The standard InChI is InChI=1S/C20H19N5O3/c1-2-28-15-10-8-14(9-11-15)21-19(27)16-12-17(26)22-20-23-18(24-25(16)20)13-6-4-3-5-7-13/h3-11,16H,2,12H2,1H3,(H,21,27)(H,22,23,24,26)/t16-/m0/s1. The second kappa shape index (κ2) is 7.51. The van der Waals surface area contributed by atoms with Gasteiger partial charge in [0.1, 0.15) is 11.8 Å². The summed E-state index contributed by atoms with van der Waals surface area (Å²) in [5.41, 5.74) is 1.42. The Morgan fingerprint density at radius 3 is 2.68 bits per heavy atom. The highest BCUT2D eigenvalue weighted by Crippen LogP contribution is 2.27. The third kappa shape index (κ3) is 3.57. The molecular weight excluding hydrogens is 358 g/mol. The number of benzene rings is 2. The molecule has 2 N–H and O–H groups in total. The first-order chi connectivity index (χ1) is 13.6. The number of hydrogen-bond donors (Lipinski definition) is 2. The minimum atomic E-state index is -0.778. The number of fused-ring (bicyclic) bond motifs is 1. The van der Waals surface area contributed by atoms with Gasteiger partial charge in [0, 0.05) is 11.3 Å². The largest absolute Gasteiger partial charge is 0.494 e. The molecule has 0 radical (unpaired) electrons. The summed E-state index contributed by atoms with van der Waals surface area (Å²) in [6.07, 6.45) is -0.00650. The zero-order chi connectivity index (χ0) is 19.5. The second-order valence-electron chi connectivity index (χ2n) is 6.28. The van der Waals surface area contributed by atoms with E-state index in [0.29, 0.717) is 18.1 Å². The number of ether oxygens (including phenoxy) is 1. The van der Waals surface area contributed by atoms with Crippen LogP contribution >= 0.6 is 0 Å². The van der Waals surface area contributed by atoms with Crippen molar-refractivity contribution in [1.82, 2.24) is 14.8 Å². The lowest BCUT2D eigenvalue weighted by Gasteiger charge is -2.22. The number of nitrogens with one attached hydrogen (secondary N) is 2. The maximum atomic E-state index is 12.8. The Morgan fingerprint density at radius 1 is 1.21 bits per heavy atom. The Kier molecular flexibility index (Phi) is 4.76. The van der Waals surface area contributed by atoms with Crippen LogP contribution in [0.25, 0.3) is 11.4 Å². The van der Waals surface area contributed by atoms with Crippen LogP contribution in [0.5, 0.6) is 5.75 Å². The van der Waals surface area contributed by atoms with Gasteiger partial charge in [-0.05, 0) is 31.2 Å². The number of carbonyl (C=O) groups is 2. The number of aromatic nitrogens is 3. The summed E-state index contributed by atoms with van der Waals surface area (Å²) >= 11 is 0. The van der Waals surface area contributed by atoms with E-state index < -0.39 is 6.04 Å². The molecule has 0 aliphatic carbocycles. The molecule has 8 nitrogen and oxygen atoms in total. The van der Waals surface area contributed by atoms with E-state index in [1.54, 1.807) is 24.3 Å². The van der Waals surface area contributed by atoms with Crippen molar-refractivity contribution in [3.8, 4) is 17.1 Å². The van der Waals surface area contributed by atoms with E-state index >= 15 is 0 Å². The third-order valence-corrected chi connectivity index (χ3v) is 4.32. The summed E-state index contributed by atoms with van der Waals surface area (Å²) in [7, 11) is 0. The number of rotatable bonds is 5. The molecule has 0 bridgehead atoms. The molecule has 1 aromatic heterocycles. The molecule has 2 aromatic carbocycles. The molecule has 8 heteroatoms. The number of hydrogen-bond acceptors (Lipinski definition) is 5. The molecule has 0 saturated carbocycles. The molecule has 3 aromatic rings. The minimum absolute atomic E-state index is 0.00650. The molecule has 28 heavy (non-hydrogen) atoms. The fourth-order valence-corrected chi connectivity index (χ4v) is 3.00. The fraction of sp³-hybridized carbons (Fsp3) is 0.200. The molecule has 1 atom stereocenters. The van der Waals surface area contributed by atoms with Crippen molar-refractivity contribution >= 4 is 23.5 Å². The van der Waals surface area contributed by atoms with Crippen LogP contribution in [0.2, 0.25) is 0 Å². The SMILES string of the molecule is CCOc1ccc(NC(=O)[C@@H]2CC(=O)Nc3nc(-c4ccccc4)nn32)cc1. The van der Waals surface area contributed by atoms with Crippen molar-refractivity contribution < 1.29 is 14.3 Å². The van der Waals surface area contributed by atoms with E-state index in [0.717, 1.165) is 11.3 Å². The van der Waals surface area contributed by atoms with Crippen LogP contribution in [0, 0.1) is 0 Å². The van der Waals surface area contributed by atoms with Crippen LogP contribution < -0.4 is 15.4 Å². The Balaban J connectivity index is 1.57. The maximum absolute atomic E-state index is 12.8. The Bertz CT molecular complexity index is 998. The average molecular weight is 377 g/mol. The van der Waals surface area contributed by atoms with Crippen molar-refractivity contribution in [2.75, 3.05) is 17.2 Å². The highest BCUT2D eigenvalue weighted by Gasteiger charge is 2.33. The van der Waals surface area contributed by atoms with Crippen LogP contribution in [-0.2, 0) is 9.59 Å². The monoisotopic (exact) mass is 377 g/mol. The van der Waals surface area contributed by atoms with Gasteiger partial charge in [0.25, 0.3) is 0 Å². The van der Waals surface area contributed by atoms with Gasteiger partial charge >= 0.3 is 0 Å². The number of amides is 2. The highest BCUT2D eigenvalue weighted by molar-refractivity contribution is 6.00. The molecule has 142 valence electrons. The molecule has 0 saturated heterocycles. The first-order valence-corrected chi connectivity index (χ1v) is 8.99. The smallest absolute Gasteiger partial charge is 0.249 e. The summed E-state index contributed by atoms with van der Waals surface area (Å²) in [5, 5.41) is 9.95. The van der Waals surface area contributed by atoms with Crippen molar-refractivity contribution in [2.45, 2.75) is 19.4 Å². The van der Waals surface area contributed by atoms with Crippen LogP contribution in [0.3, 0.4) is 0 Å². The van der Waals surface area contributed by atoms with Crippen molar-refractivity contribution in [1.29, 1.82) is 0 Å². The van der Waals surface area contributed by atoms with Gasteiger partial charge < -0.3 is 10.1 Å². The molecular formula is C20H19N5O3. The van der Waals surface area contributed by atoms with Gasteiger partial charge in [-0.25, -0.2) is 4.68 Å². The highest BCUT2D eigenvalue weighted by atomic mass is 16.5. The van der Waals surface area contributed by atoms with E-state index in [9.17, 15) is 9.59 Å². The molecule has 0 unspecified atom stereocenters. The minimum Gasteiger partial charge on any atom is -0.494 e. The van der Waals surface area contributed by atoms with Gasteiger partial charge in [-0.3, -0.25) is 14.9 Å². The van der Waals surface area contributed by atoms with Crippen LogP contribution in [0.4, 0.5) is 11.6 Å². The average Bonchev–Trinajstić information content (AvgIpc) is 3.13. The van der Waals surface area contributed by atoms with Crippen molar-refractivity contribution in [3.05, 3.63) is 54.6 Å². The Hall–Kier alpha value is -3.68. The van der Waals surface area contributed by atoms with E-state index in [1.807, 2.05) is 37.3 Å². The summed E-state index contributed by atoms with van der Waals surface area (Å²) < 4.78 is 6.87. The molecule has 0 fully saturated rings. The molecule has 2 amide bonds. The lowest BCUT2D eigenvalue weighted by atomic mass is 10.1. The predicted molar refractivity (Wildman–Crippen MR) is 104 cm³/mol. The first-order valence-electron chi connectivity index (χ1n) is 8.99. The van der Waals surface area contributed by atoms with Crippen LogP contribution in [0.15, 0.2) is 54.6 Å². The quantitative estimate of drug-likeness (QED) is 0.712. The van der Waals surface area contributed by atoms with Gasteiger partial charge in [0.2, 0.25) is 17.8 Å². The third-order valence-electron chi connectivity index (χ3n) is 4.32. The molecule has 2 heterocycles. The summed E-state index contributed by atoms with van der Waals surface area (Å²) in [6.45, 7) is 2.48. The summed E-state index contributed by atoms with van der Waals surface area (Å²) in [4.78, 5) is 29.3. The number of carbonyl (C=O) groups excluding carboxylic acids is 2. The summed E-state index contributed by atoms with van der Waals surface area (Å²) in [6, 6.07) is 15.7. The van der Waals surface area contributed by atoms with Gasteiger partial charge in [-0.2, -0.15) is 4.98 Å². The lowest BCUT2D eigenvalue weighted by Crippen LogP contribution is -2.36. The number of anilines is 2. The van der Waals surface area contributed by atoms with E-state index in [2.05, 4.69) is 20.7 Å². The zero-order valence-electron chi connectivity index (χ0n) is 15.3. The van der Waals surface area contributed by atoms with E-state index in [1.165, 1.54) is 4.68 Å². The van der Waals surface area contributed by atoms with Crippen LogP contribution in [-0.4, -0.2) is 33.2 Å². The normalized spacial score (nSPS) is 15.5. The van der Waals surface area contributed by atoms with E-state index in [4.69, 9.17) is 4.74 Å². The van der Waals surface area contributed by atoms with Gasteiger partial charge in [0.05, 0.1) is 13.0 Å². The molecule has 4 rings (SSSR count). The topological polar surface area (TPSA) is 98.1 Å². The van der Waals surface area contributed by atoms with Gasteiger partial charge in [-0.1, -0.05) is 30.3 Å². The van der Waals surface area contributed by atoms with Gasteiger partial charge in [0.15, 0.2) is 5.82 Å². The zero-order valence-corrected chi connectivity index (χ0v) is 15.3. The lowest BCUT2D eigenvalue weighted by molar-refractivity contribution is -0.125. The Labute approximate surface area is 161 Å². The van der Waals surface area contributed by atoms with Crippen molar-refractivity contribution in [3.63, 3.8) is 0 Å². The van der Waals surface area contributed by atoms with E-state index in [-0.39, 0.29) is 24.2 Å². The number of nitrogens with zero attached hydrogens (tertiary/aromatic N) is 3. The Morgan fingerprint density at radius 2 is 1.96 bits per heavy atom. The molecule has 1 aliphatic heterocycles. The van der Waals surface area contributed by atoms with Gasteiger partial charge in [-0.15, -0.1) is 5.10 Å². The fourth-order valence-electron chi connectivity index (χ4n) is 3.00. The summed E-state index contributed by atoms with van der Waals surface area (Å²) in [5.74, 6) is 0.846. The predicted octanol–water partition coefficient (Wildman–Crippen LogP) is 2.87. The first kappa shape index (κ1) is 17.7. The maximum Gasteiger partial charge on any atom is 0.249 e. The van der Waals surface area contributed by atoms with Crippen molar-refractivity contribution in [2.24, 2.45) is 0 Å².